The molecular formula is C25H18ClNO6. The summed E-state index contributed by atoms with van der Waals surface area (Å²) in [7, 11) is 0. The molecule has 0 spiro atoms. The summed E-state index contributed by atoms with van der Waals surface area (Å²) in [5.41, 5.74) is 2.27. The molecular weight excluding hydrogens is 446 g/mol. The summed E-state index contributed by atoms with van der Waals surface area (Å²) in [6.45, 7) is 0.901. The number of benzene rings is 3. The molecule has 1 aliphatic carbocycles. The van der Waals surface area contributed by atoms with Crippen molar-refractivity contribution in [2.45, 2.75) is 6.92 Å². The first-order valence-electron chi connectivity index (χ1n) is 10.0. The molecule has 0 unspecified atom stereocenters. The SMILES string of the molecule is Cc1cc(OCC(=O)OCC(=O)Nc2ccc3c(c2)C(=O)c2ccccc2C3=O)ccc1Cl. The third-order valence-corrected chi connectivity index (χ3v) is 5.48. The second-order valence-corrected chi connectivity index (χ2v) is 7.78. The lowest BCUT2D eigenvalue weighted by Gasteiger charge is -2.18. The van der Waals surface area contributed by atoms with Gasteiger partial charge in [0.2, 0.25) is 0 Å². The van der Waals surface area contributed by atoms with Crippen molar-refractivity contribution in [2.24, 2.45) is 0 Å². The van der Waals surface area contributed by atoms with Gasteiger partial charge in [0.05, 0.1) is 0 Å². The Morgan fingerprint density at radius 2 is 1.52 bits per heavy atom. The Balaban J connectivity index is 1.33. The topological polar surface area (TPSA) is 98.8 Å². The Morgan fingerprint density at radius 1 is 0.848 bits per heavy atom. The van der Waals surface area contributed by atoms with E-state index in [0.29, 0.717) is 27.6 Å². The van der Waals surface area contributed by atoms with Gasteiger partial charge in [-0.25, -0.2) is 4.79 Å². The zero-order valence-corrected chi connectivity index (χ0v) is 18.3. The highest BCUT2D eigenvalue weighted by Gasteiger charge is 2.29. The first kappa shape index (κ1) is 22.2. The van der Waals surface area contributed by atoms with Crippen LogP contribution >= 0.6 is 11.6 Å². The molecule has 1 aliphatic rings. The van der Waals surface area contributed by atoms with Crippen molar-refractivity contribution < 1.29 is 28.7 Å². The van der Waals surface area contributed by atoms with Crippen LogP contribution in [0.4, 0.5) is 5.69 Å². The van der Waals surface area contributed by atoms with E-state index < -0.39 is 18.5 Å². The lowest BCUT2D eigenvalue weighted by molar-refractivity contribution is -0.149. The number of anilines is 1. The highest BCUT2D eigenvalue weighted by Crippen LogP contribution is 2.29. The molecule has 0 atom stereocenters. The number of halogens is 1. The summed E-state index contributed by atoms with van der Waals surface area (Å²) in [5, 5.41) is 3.14. The fourth-order valence-corrected chi connectivity index (χ4v) is 3.53. The molecule has 33 heavy (non-hydrogen) atoms. The zero-order chi connectivity index (χ0) is 23.5. The summed E-state index contributed by atoms with van der Waals surface area (Å²) in [4.78, 5) is 49.5. The molecule has 0 aliphatic heterocycles. The number of ketones is 2. The Hall–Kier alpha value is -3.97. The summed E-state index contributed by atoms with van der Waals surface area (Å²) in [6, 6.07) is 16.0. The number of nitrogens with one attached hydrogen (secondary N) is 1. The number of carbonyl (C=O) groups excluding carboxylic acids is 4. The lowest BCUT2D eigenvalue weighted by atomic mass is 9.84. The first-order valence-corrected chi connectivity index (χ1v) is 10.4. The van der Waals surface area contributed by atoms with Gasteiger partial charge in [-0.1, -0.05) is 35.9 Å². The van der Waals surface area contributed by atoms with Crippen molar-refractivity contribution in [1.29, 1.82) is 0 Å². The van der Waals surface area contributed by atoms with E-state index in [2.05, 4.69) is 5.32 Å². The second kappa shape index (κ2) is 9.26. The first-order chi connectivity index (χ1) is 15.8. The number of fused-ring (bicyclic) bond motifs is 2. The number of carbonyl (C=O) groups is 4. The number of ether oxygens (including phenoxy) is 2. The number of rotatable bonds is 6. The predicted octanol–water partition coefficient (Wildman–Crippen LogP) is 3.98. The third kappa shape index (κ3) is 4.78. The summed E-state index contributed by atoms with van der Waals surface area (Å²) < 4.78 is 10.3. The smallest absolute Gasteiger partial charge is 0.344 e. The number of hydrogen-bond acceptors (Lipinski definition) is 6. The molecule has 1 amide bonds. The van der Waals surface area contributed by atoms with Gasteiger partial charge in [0.15, 0.2) is 24.8 Å². The molecule has 0 saturated carbocycles. The standard InChI is InChI=1S/C25H18ClNO6/c1-14-10-16(7-9-21(14)26)32-13-23(29)33-12-22(28)27-15-6-8-19-20(11-15)25(31)18-5-3-2-4-17(18)24(19)30/h2-11H,12-13H2,1H3,(H,27,28). The van der Waals surface area contributed by atoms with E-state index in [9.17, 15) is 19.2 Å². The van der Waals surface area contributed by atoms with Crippen molar-refractivity contribution in [1.82, 2.24) is 0 Å². The van der Waals surface area contributed by atoms with Crippen LogP contribution in [-0.2, 0) is 14.3 Å². The zero-order valence-electron chi connectivity index (χ0n) is 17.5. The Kier molecular flexibility index (Phi) is 6.24. The molecule has 0 bridgehead atoms. The maximum Gasteiger partial charge on any atom is 0.344 e. The van der Waals surface area contributed by atoms with Gasteiger partial charge >= 0.3 is 5.97 Å². The van der Waals surface area contributed by atoms with Crippen LogP contribution in [0.25, 0.3) is 0 Å². The van der Waals surface area contributed by atoms with Crippen LogP contribution in [0.3, 0.4) is 0 Å². The second-order valence-electron chi connectivity index (χ2n) is 7.37. The minimum atomic E-state index is -0.722. The number of amides is 1. The Morgan fingerprint density at radius 3 is 2.21 bits per heavy atom. The van der Waals surface area contributed by atoms with E-state index in [1.165, 1.54) is 18.2 Å². The number of esters is 1. The largest absolute Gasteiger partial charge is 0.482 e. The monoisotopic (exact) mass is 463 g/mol. The van der Waals surface area contributed by atoms with Crippen LogP contribution in [0.5, 0.6) is 5.75 Å². The summed E-state index contributed by atoms with van der Waals surface area (Å²) in [5.74, 6) is -1.41. The minimum absolute atomic E-state index is 0.208. The summed E-state index contributed by atoms with van der Waals surface area (Å²) >= 11 is 5.94. The van der Waals surface area contributed by atoms with Crippen LogP contribution in [0.1, 0.15) is 37.4 Å². The van der Waals surface area contributed by atoms with Crippen molar-refractivity contribution >= 4 is 40.7 Å². The number of aryl methyl sites for hydroxylation is 1. The van der Waals surface area contributed by atoms with E-state index in [-0.39, 0.29) is 29.3 Å². The Labute approximate surface area is 194 Å². The van der Waals surface area contributed by atoms with E-state index in [0.717, 1.165) is 5.56 Å². The molecule has 166 valence electrons. The van der Waals surface area contributed by atoms with Crippen molar-refractivity contribution in [3.8, 4) is 5.75 Å². The van der Waals surface area contributed by atoms with Gasteiger partial charge in [0.25, 0.3) is 5.91 Å². The fourth-order valence-electron chi connectivity index (χ4n) is 3.41. The average molecular weight is 464 g/mol. The van der Waals surface area contributed by atoms with Gasteiger partial charge in [0.1, 0.15) is 5.75 Å². The molecule has 0 saturated heterocycles. The highest BCUT2D eigenvalue weighted by atomic mass is 35.5. The van der Waals surface area contributed by atoms with Gasteiger partial charge in [-0.2, -0.15) is 0 Å². The van der Waals surface area contributed by atoms with Crippen LogP contribution in [0, 0.1) is 6.92 Å². The molecule has 0 aromatic heterocycles. The molecule has 3 aromatic carbocycles. The minimum Gasteiger partial charge on any atom is -0.482 e. The third-order valence-electron chi connectivity index (χ3n) is 5.06. The molecule has 8 heteroatoms. The number of hydrogen-bond donors (Lipinski definition) is 1. The van der Waals surface area contributed by atoms with Crippen molar-refractivity contribution in [3.63, 3.8) is 0 Å². The van der Waals surface area contributed by atoms with Gasteiger partial charge in [-0.15, -0.1) is 0 Å². The van der Waals surface area contributed by atoms with Crippen LogP contribution in [-0.4, -0.2) is 36.7 Å². The Bertz CT molecular complexity index is 1300. The van der Waals surface area contributed by atoms with Gasteiger partial charge in [0, 0.05) is 33.0 Å². The maximum atomic E-state index is 12.8. The van der Waals surface area contributed by atoms with Crippen LogP contribution < -0.4 is 10.1 Å². The fraction of sp³-hybridized carbons (Fsp3) is 0.120. The predicted molar refractivity (Wildman–Crippen MR) is 121 cm³/mol. The molecule has 0 heterocycles. The molecule has 1 N–H and O–H groups in total. The van der Waals surface area contributed by atoms with Gasteiger partial charge < -0.3 is 14.8 Å². The molecule has 0 radical (unpaired) electrons. The quantitative estimate of drug-likeness (QED) is 0.434. The molecule has 3 aromatic rings. The molecule has 7 nitrogen and oxygen atoms in total. The van der Waals surface area contributed by atoms with Gasteiger partial charge in [-0.05, 0) is 48.9 Å². The van der Waals surface area contributed by atoms with E-state index in [1.807, 2.05) is 0 Å². The molecule has 4 rings (SSSR count). The van der Waals surface area contributed by atoms with E-state index >= 15 is 0 Å². The van der Waals surface area contributed by atoms with E-state index in [4.69, 9.17) is 21.1 Å². The van der Waals surface area contributed by atoms with Crippen LogP contribution in [0.2, 0.25) is 5.02 Å². The summed E-state index contributed by atoms with van der Waals surface area (Å²) in [6.07, 6.45) is 0. The highest BCUT2D eigenvalue weighted by molar-refractivity contribution is 6.31. The van der Waals surface area contributed by atoms with Crippen molar-refractivity contribution in [2.75, 3.05) is 18.5 Å². The van der Waals surface area contributed by atoms with Crippen molar-refractivity contribution in [3.05, 3.63) is 93.5 Å². The lowest BCUT2D eigenvalue weighted by Crippen LogP contribution is -2.24. The maximum absolute atomic E-state index is 12.8. The van der Waals surface area contributed by atoms with Gasteiger partial charge in [-0.3, -0.25) is 14.4 Å². The molecule has 0 fully saturated rings. The van der Waals surface area contributed by atoms with Crippen LogP contribution in [0.15, 0.2) is 60.7 Å². The van der Waals surface area contributed by atoms with E-state index in [1.54, 1.807) is 49.4 Å². The average Bonchev–Trinajstić information content (AvgIpc) is 2.82. The normalized spacial score (nSPS) is 11.9.